The SMILES string of the molecule is Cn1c(=O)c2cc(OC(C)(C)C)ccc2c2ccccc21. The third kappa shape index (κ3) is 2.40. The molecule has 1 heterocycles. The molecular weight excluding hydrogens is 262 g/mol. The van der Waals surface area contributed by atoms with Crippen LogP contribution in [0.15, 0.2) is 47.3 Å². The molecule has 1 aromatic heterocycles. The standard InChI is InChI=1S/C18H19NO2/c1-18(2,3)21-12-9-10-13-14-7-5-6-8-16(14)19(4)17(20)15(13)11-12/h5-11H,1-4H3. The Kier molecular flexibility index (Phi) is 3.01. The maximum atomic E-state index is 12.6. The van der Waals surface area contributed by atoms with Gasteiger partial charge >= 0.3 is 0 Å². The second kappa shape index (κ2) is 4.62. The van der Waals surface area contributed by atoms with Gasteiger partial charge in [-0.1, -0.05) is 18.2 Å². The van der Waals surface area contributed by atoms with Crippen LogP contribution in [0, 0.1) is 0 Å². The molecule has 0 saturated carbocycles. The number of nitrogens with zero attached hydrogens (tertiary/aromatic N) is 1. The van der Waals surface area contributed by atoms with E-state index in [2.05, 4.69) is 0 Å². The number of fused-ring (bicyclic) bond motifs is 3. The molecular formula is C18H19NO2. The van der Waals surface area contributed by atoms with Gasteiger partial charge in [0.25, 0.3) is 5.56 Å². The molecule has 108 valence electrons. The fraction of sp³-hybridized carbons (Fsp3) is 0.278. The monoisotopic (exact) mass is 281 g/mol. The van der Waals surface area contributed by atoms with Crippen LogP contribution >= 0.6 is 0 Å². The van der Waals surface area contributed by atoms with Crippen molar-refractivity contribution < 1.29 is 4.74 Å². The predicted octanol–water partition coefficient (Wildman–Crippen LogP) is 3.87. The second-order valence-electron chi connectivity index (χ2n) is 6.30. The number of rotatable bonds is 1. The quantitative estimate of drug-likeness (QED) is 0.634. The smallest absolute Gasteiger partial charge is 0.258 e. The maximum Gasteiger partial charge on any atom is 0.258 e. The van der Waals surface area contributed by atoms with Gasteiger partial charge in [0.15, 0.2) is 0 Å². The van der Waals surface area contributed by atoms with Crippen molar-refractivity contribution in [3.8, 4) is 5.75 Å². The summed E-state index contributed by atoms with van der Waals surface area (Å²) in [4.78, 5) is 12.6. The molecule has 3 aromatic rings. The van der Waals surface area contributed by atoms with Gasteiger partial charge in [-0.05, 0) is 50.4 Å². The Hall–Kier alpha value is -2.29. The molecule has 21 heavy (non-hydrogen) atoms. The zero-order valence-corrected chi connectivity index (χ0v) is 12.8. The molecule has 0 saturated heterocycles. The molecule has 3 nitrogen and oxygen atoms in total. The van der Waals surface area contributed by atoms with Gasteiger partial charge in [0, 0.05) is 12.4 Å². The summed E-state index contributed by atoms with van der Waals surface area (Å²) in [5.74, 6) is 0.724. The minimum atomic E-state index is -0.282. The molecule has 0 aliphatic rings. The molecule has 0 aliphatic heterocycles. The Morgan fingerprint density at radius 2 is 1.67 bits per heavy atom. The largest absolute Gasteiger partial charge is 0.488 e. The molecule has 0 unspecified atom stereocenters. The first-order valence-corrected chi connectivity index (χ1v) is 7.07. The average molecular weight is 281 g/mol. The van der Waals surface area contributed by atoms with Crippen molar-refractivity contribution in [3.63, 3.8) is 0 Å². The maximum absolute atomic E-state index is 12.6. The van der Waals surface area contributed by atoms with Crippen LogP contribution < -0.4 is 10.3 Å². The number of aryl methyl sites for hydroxylation is 1. The Bertz CT molecular complexity index is 885. The third-order valence-corrected chi connectivity index (χ3v) is 3.51. The first-order chi connectivity index (χ1) is 9.87. The molecule has 0 aliphatic carbocycles. The van der Waals surface area contributed by atoms with Crippen LogP contribution in [0.25, 0.3) is 21.7 Å². The molecule has 3 rings (SSSR count). The normalized spacial score (nSPS) is 12.0. The van der Waals surface area contributed by atoms with E-state index in [1.807, 2.05) is 63.2 Å². The minimum Gasteiger partial charge on any atom is -0.488 e. The highest BCUT2D eigenvalue weighted by Crippen LogP contribution is 2.27. The van der Waals surface area contributed by atoms with Crippen LogP contribution in [0.2, 0.25) is 0 Å². The highest BCUT2D eigenvalue weighted by Gasteiger charge is 2.14. The summed E-state index contributed by atoms with van der Waals surface area (Å²) >= 11 is 0. The van der Waals surface area contributed by atoms with E-state index in [1.54, 1.807) is 11.6 Å². The zero-order chi connectivity index (χ0) is 15.2. The fourth-order valence-corrected chi connectivity index (χ4v) is 2.64. The molecule has 0 N–H and O–H groups in total. The average Bonchev–Trinajstić information content (AvgIpc) is 2.43. The molecule has 0 bridgehead atoms. The van der Waals surface area contributed by atoms with Gasteiger partial charge in [0.05, 0.1) is 10.9 Å². The van der Waals surface area contributed by atoms with Gasteiger partial charge in [-0.2, -0.15) is 0 Å². The number of hydrogen-bond acceptors (Lipinski definition) is 2. The van der Waals surface area contributed by atoms with Crippen molar-refractivity contribution in [1.29, 1.82) is 0 Å². The lowest BCUT2D eigenvalue weighted by molar-refractivity contribution is 0.131. The van der Waals surface area contributed by atoms with Gasteiger partial charge < -0.3 is 9.30 Å². The Morgan fingerprint density at radius 1 is 0.952 bits per heavy atom. The summed E-state index contributed by atoms with van der Waals surface area (Å²) < 4.78 is 7.56. The highest BCUT2D eigenvalue weighted by molar-refractivity contribution is 6.05. The van der Waals surface area contributed by atoms with Crippen molar-refractivity contribution in [2.75, 3.05) is 0 Å². The van der Waals surface area contributed by atoms with Gasteiger partial charge in [0.1, 0.15) is 11.4 Å². The molecule has 0 amide bonds. The van der Waals surface area contributed by atoms with Crippen LogP contribution in [0.1, 0.15) is 20.8 Å². The van der Waals surface area contributed by atoms with Crippen LogP contribution in [0.5, 0.6) is 5.75 Å². The lowest BCUT2D eigenvalue weighted by Gasteiger charge is -2.21. The summed E-state index contributed by atoms with van der Waals surface area (Å²) in [6.07, 6.45) is 0. The molecule has 0 atom stereocenters. The molecule has 0 radical (unpaired) electrons. The van der Waals surface area contributed by atoms with Crippen molar-refractivity contribution >= 4 is 21.7 Å². The number of pyridine rings is 1. The number of para-hydroxylation sites is 1. The van der Waals surface area contributed by atoms with Crippen LogP contribution in [-0.2, 0) is 7.05 Å². The highest BCUT2D eigenvalue weighted by atomic mass is 16.5. The summed E-state index contributed by atoms with van der Waals surface area (Å²) in [6.45, 7) is 5.99. The van der Waals surface area contributed by atoms with Gasteiger partial charge in [-0.15, -0.1) is 0 Å². The van der Waals surface area contributed by atoms with Crippen molar-refractivity contribution in [3.05, 3.63) is 52.8 Å². The summed E-state index contributed by atoms with van der Waals surface area (Å²) in [6, 6.07) is 13.7. The summed E-state index contributed by atoms with van der Waals surface area (Å²) in [5, 5.41) is 2.74. The van der Waals surface area contributed by atoms with Crippen LogP contribution in [-0.4, -0.2) is 10.2 Å². The molecule has 2 aromatic carbocycles. The number of aromatic nitrogens is 1. The van der Waals surface area contributed by atoms with Crippen LogP contribution in [0.3, 0.4) is 0 Å². The van der Waals surface area contributed by atoms with Gasteiger partial charge in [-0.25, -0.2) is 0 Å². The van der Waals surface area contributed by atoms with Gasteiger partial charge in [-0.3, -0.25) is 4.79 Å². The lowest BCUT2D eigenvalue weighted by Crippen LogP contribution is -2.23. The number of hydrogen-bond donors (Lipinski definition) is 0. The van der Waals surface area contributed by atoms with E-state index < -0.39 is 0 Å². The van der Waals surface area contributed by atoms with E-state index in [1.165, 1.54) is 0 Å². The minimum absolute atomic E-state index is 0.00283. The third-order valence-electron chi connectivity index (χ3n) is 3.51. The summed E-state index contributed by atoms with van der Waals surface area (Å²) in [5.41, 5.74) is 0.665. The molecule has 0 fully saturated rings. The van der Waals surface area contributed by atoms with E-state index in [0.29, 0.717) is 5.39 Å². The fourth-order valence-electron chi connectivity index (χ4n) is 2.64. The number of ether oxygens (including phenoxy) is 1. The summed E-state index contributed by atoms with van der Waals surface area (Å²) in [7, 11) is 1.81. The van der Waals surface area contributed by atoms with E-state index in [0.717, 1.165) is 22.0 Å². The first kappa shape index (κ1) is 13.7. The number of benzene rings is 2. The Morgan fingerprint density at radius 3 is 2.38 bits per heavy atom. The Labute approximate surface area is 123 Å². The van der Waals surface area contributed by atoms with E-state index >= 15 is 0 Å². The Balaban J connectivity index is 2.34. The zero-order valence-electron chi connectivity index (χ0n) is 12.8. The molecule has 3 heteroatoms. The predicted molar refractivity (Wildman–Crippen MR) is 87.1 cm³/mol. The topological polar surface area (TPSA) is 31.2 Å². The van der Waals surface area contributed by atoms with E-state index in [4.69, 9.17) is 4.74 Å². The van der Waals surface area contributed by atoms with Crippen LogP contribution in [0.4, 0.5) is 0 Å². The van der Waals surface area contributed by atoms with E-state index in [9.17, 15) is 4.79 Å². The van der Waals surface area contributed by atoms with Crippen molar-refractivity contribution in [2.24, 2.45) is 7.05 Å². The second-order valence-corrected chi connectivity index (χ2v) is 6.30. The van der Waals surface area contributed by atoms with Crippen molar-refractivity contribution in [2.45, 2.75) is 26.4 Å². The lowest BCUT2D eigenvalue weighted by atomic mass is 10.1. The van der Waals surface area contributed by atoms with Gasteiger partial charge in [0.2, 0.25) is 0 Å². The molecule has 0 spiro atoms. The first-order valence-electron chi connectivity index (χ1n) is 7.07. The van der Waals surface area contributed by atoms with E-state index in [-0.39, 0.29) is 11.2 Å². The van der Waals surface area contributed by atoms with Crippen molar-refractivity contribution in [1.82, 2.24) is 4.57 Å².